The Balaban J connectivity index is 1.87. The van der Waals surface area contributed by atoms with Gasteiger partial charge in [0.25, 0.3) is 5.69 Å². The Morgan fingerprint density at radius 1 is 0.977 bits per heavy atom. The Kier molecular flexibility index (Phi) is 7.95. The van der Waals surface area contributed by atoms with Crippen LogP contribution in [0, 0.1) is 29.4 Å². The second kappa shape index (κ2) is 11.6. The second-order valence-corrected chi connectivity index (χ2v) is 10.6. The molecule has 1 aliphatic heterocycles. The van der Waals surface area contributed by atoms with E-state index in [0.717, 1.165) is 5.56 Å². The lowest BCUT2D eigenvalue weighted by Gasteiger charge is -2.42. The van der Waals surface area contributed by atoms with E-state index < -0.39 is 10.8 Å². The van der Waals surface area contributed by atoms with Gasteiger partial charge in [-0.25, -0.2) is 0 Å². The minimum atomic E-state index is -0.833. The number of hydrogen-bond donors (Lipinski definition) is 2. The maximum Gasteiger partial charge on any atom is 0.269 e. The van der Waals surface area contributed by atoms with E-state index in [9.17, 15) is 25.4 Å². The highest BCUT2D eigenvalue weighted by Gasteiger charge is 2.44. The van der Waals surface area contributed by atoms with E-state index in [4.69, 9.17) is 14.2 Å². The molecule has 0 fully saturated rings. The number of ether oxygens (including phenoxy) is 3. The molecule has 3 aromatic rings. The number of nitrogens with zero attached hydrogens (tertiary/aromatic N) is 2. The van der Waals surface area contributed by atoms with Crippen molar-refractivity contribution >= 4 is 28.8 Å². The number of ketones is 1. The first-order valence-corrected chi connectivity index (χ1v) is 13.8. The predicted molar refractivity (Wildman–Crippen MR) is 163 cm³/mol. The lowest BCUT2D eigenvalue weighted by molar-refractivity contribution is -0.384. The lowest BCUT2D eigenvalue weighted by Crippen LogP contribution is -2.42. The summed E-state index contributed by atoms with van der Waals surface area (Å²) in [6.45, 7) is 3.67. The SMILES string of the molecule is COc1cc(C2C3=C(CCCC3=O)N(c3ccc([N+](=O)[O-])cc3C)C(=N)/C2=C(/O)c2ccc(C)cc2)cc(OC)c1OC. The molecule has 1 aliphatic carbocycles. The summed E-state index contributed by atoms with van der Waals surface area (Å²) >= 11 is 0. The van der Waals surface area contributed by atoms with Gasteiger partial charge in [-0.05, 0) is 56.0 Å². The van der Waals surface area contributed by atoms with Gasteiger partial charge in [0, 0.05) is 46.9 Å². The number of non-ortho nitro benzene ring substituents is 1. The molecule has 0 radical (unpaired) electrons. The van der Waals surface area contributed by atoms with E-state index >= 15 is 0 Å². The molecule has 0 bridgehead atoms. The average Bonchev–Trinajstić information content (AvgIpc) is 3.00. The number of allylic oxidation sites excluding steroid dienone is 2. The molecule has 1 unspecified atom stereocenters. The number of hydrogen-bond acceptors (Lipinski definition) is 8. The summed E-state index contributed by atoms with van der Waals surface area (Å²) in [5.41, 5.74) is 4.35. The Morgan fingerprint density at radius 2 is 1.63 bits per heavy atom. The van der Waals surface area contributed by atoms with Gasteiger partial charge in [0.15, 0.2) is 17.3 Å². The first-order chi connectivity index (χ1) is 20.6. The lowest BCUT2D eigenvalue weighted by atomic mass is 9.73. The number of carbonyl (C=O) groups excluding carboxylic acids is 1. The fourth-order valence-corrected chi connectivity index (χ4v) is 5.93. The number of benzene rings is 3. The molecule has 0 aromatic heterocycles. The Morgan fingerprint density at radius 3 is 2.19 bits per heavy atom. The number of amidine groups is 1. The van der Waals surface area contributed by atoms with Gasteiger partial charge in [0.1, 0.15) is 11.6 Å². The topological polar surface area (TPSA) is 135 Å². The molecule has 3 aromatic carbocycles. The number of Topliss-reactive ketones (excluding diaryl/α,β-unsaturated/α-hetero) is 1. The zero-order valence-corrected chi connectivity index (χ0v) is 24.7. The molecule has 1 atom stereocenters. The van der Waals surface area contributed by atoms with E-state index in [2.05, 4.69) is 0 Å². The maximum absolute atomic E-state index is 13.9. The first-order valence-electron chi connectivity index (χ1n) is 13.8. The van der Waals surface area contributed by atoms with Crippen LogP contribution in [0.15, 0.2) is 71.4 Å². The van der Waals surface area contributed by atoms with Crippen LogP contribution in [0.5, 0.6) is 17.2 Å². The number of nitro groups is 1. The van der Waals surface area contributed by atoms with Crippen molar-refractivity contribution in [3.63, 3.8) is 0 Å². The number of methoxy groups -OCH3 is 3. The van der Waals surface area contributed by atoms with Crippen molar-refractivity contribution in [3.8, 4) is 17.2 Å². The van der Waals surface area contributed by atoms with Crippen molar-refractivity contribution in [3.05, 3.63) is 104 Å². The zero-order valence-electron chi connectivity index (χ0n) is 24.7. The number of anilines is 1. The van der Waals surface area contributed by atoms with Crippen LogP contribution in [0.2, 0.25) is 0 Å². The summed E-state index contributed by atoms with van der Waals surface area (Å²) < 4.78 is 16.8. The highest BCUT2D eigenvalue weighted by atomic mass is 16.6. The highest BCUT2D eigenvalue weighted by molar-refractivity contribution is 6.20. The molecule has 0 amide bonds. The van der Waals surface area contributed by atoms with Crippen LogP contribution in [0.1, 0.15) is 47.4 Å². The first kappa shape index (κ1) is 29.4. The van der Waals surface area contributed by atoms with Crippen molar-refractivity contribution < 1.29 is 29.0 Å². The number of nitro benzene ring substituents is 1. The van der Waals surface area contributed by atoms with Gasteiger partial charge >= 0.3 is 0 Å². The largest absolute Gasteiger partial charge is 0.507 e. The van der Waals surface area contributed by atoms with E-state index in [1.165, 1.54) is 33.5 Å². The fraction of sp³-hybridized carbons (Fsp3) is 0.273. The van der Waals surface area contributed by atoms with Gasteiger partial charge in [-0.15, -0.1) is 0 Å². The van der Waals surface area contributed by atoms with E-state index in [-0.39, 0.29) is 28.6 Å². The molecule has 2 aliphatic rings. The molecule has 10 heteroatoms. The van der Waals surface area contributed by atoms with Gasteiger partial charge in [0.2, 0.25) is 5.75 Å². The number of aryl methyl sites for hydroxylation is 2. The molecular formula is C33H33N3O7. The molecule has 1 heterocycles. The van der Waals surface area contributed by atoms with Crippen LogP contribution in [0.25, 0.3) is 5.76 Å². The van der Waals surface area contributed by atoms with Gasteiger partial charge in [0.05, 0.1) is 31.9 Å². The number of nitrogens with one attached hydrogen (secondary N) is 1. The monoisotopic (exact) mass is 583 g/mol. The molecule has 0 saturated heterocycles. The maximum atomic E-state index is 13.9. The van der Waals surface area contributed by atoms with Crippen LogP contribution < -0.4 is 19.1 Å². The van der Waals surface area contributed by atoms with Crippen molar-refractivity contribution in [2.24, 2.45) is 0 Å². The summed E-state index contributed by atoms with van der Waals surface area (Å²) in [5, 5.41) is 33.0. The predicted octanol–water partition coefficient (Wildman–Crippen LogP) is 6.79. The van der Waals surface area contributed by atoms with Crippen LogP contribution in [0.3, 0.4) is 0 Å². The number of rotatable bonds is 7. The Hall–Kier alpha value is -5.12. The van der Waals surface area contributed by atoms with Crippen molar-refractivity contribution in [1.29, 1.82) is 5.41 Å². The van der Waals surface area contributed by atoms with E-state index in [0.29, 0.717) is 70.2 Å². The smallest absolute Gasteiger partial charge is 0.269 e. The van der Waals surface area contributed by atoms with Crippen LogP contribution in [-0.4, -0.2) is 43.0 Å². The summed E-state index contributed by atoms with van der Waals surface area (Å²) in [4.78, 5) is 26.5. The molecule has 0 spiro atoms. The third-order valence-electron chi connectivity index (χ3n) is 7.99. The van der Waals surface area contributed by atoms with E-state index in [1.54, 1.807) is 42.2 Å². The fourth-order valence-electron chi connectivity index (χ4n) is 5.93. The van der Waals surface area contributed by atoms with Crippen molar-refractivity contribution in [2.75, 3.05) is 26.2 Å². The number of aliphatic hydroxyl groups is 1. The molecule has 10 nitrogen and oxygen atoms in total. The average molecular weight is 584 g/mol. The van der Waals surface area contributed by atoms with Gasteiger partial charge < -0.3 is 19.3 Å². The van der Waals surface area contributed by atoms with Crippen LogP contribution in [-0.2, 0) is 4.79 Å². The number of aliphatic hydroxyl groups excluding tert-OH is 1. The van der Waals surface area contributed by atoms with E-state index in [1.807, 2.05) is 19.1 Å². The summed E-state index contributed by atoms with van der Waals surface area (Å²) in [7, 11) is 4.50. The van der Waals surface area contributed by atoms with Gasteiger partial charge in [-0.2, -0.15) is 0 Å². The second-order valence-electron chi connectivity index (χ2n) is 10.6. The third kappa shape index (κ3) is 5.09. The normalized spacial score (nSPS) is 17.9. The van der Waals surface area contributed by atoms with Gasteiger partial charge in [-0.1, -0.05) is 29.8 Å². The van der Waals surface area contributed by atoms with Crippen molar-refractivity contribution in [1.82, 2.24) is 0 Å². The molecule has 222 valence electrons. The highest BCUT2D eigenvalue weighted by Crippen LogP contribution is 2.51. The quantitative estimate of drug-likeness (QED) is 0.176. The molecule has 0 saturated carbocycles. The Bertz CT molecular complexity index is 1680. The summed E-state index contributed by atoms with van der Waals surface area (Å²) in [6, 6.07) is 15.2. The standard InChI is InChI=1S/C33H33N3O7/c1-18-9-11-20(12-10-18)31(38)30-28(21-16-26(41-3)32(43-5)27(17-21)42-4)29-24(7-6-8-25(29)37)35(33(30)34)23-14-13-22(36(39)40)15-19(23)2/h9-17,28,34,38H,6-8H2,1-5H3/b31-30+,34-33?. The summed E-state index contributed by atoms with van der Waals surface area (Å²) in [6.07, 6.45) is 1.39. The molecule has 2 N–H and O–H groups in total. The third-order valence-corrected chi connectivity index (χ3v) is 7.99. The minimum Gasteiger partial charge on any atom is -0.507 e. The van der Waals surface area contributed by atoms with Crippen molar-refractivity contribution in [2.45, 2.75) is 39.0 Å². The number of carbonyl (C=O) groups is 1. The van der Waals surface area contributed by atoms with Crippen LogP contribution >= 0.6 is 0 Å². The molecule has 5 rings (SSSR count). The van der Waals surface area contributed by atoms with Crippen LogP contribution in [0.4, 0.5) is 11.4 Å². The van der Waals surface area contributed by atoms with Gasteiger partial charge in [-0.3, -0.25) is 25.2 Å². The molecular weight excluding hydrogens is 550 g/mol. The minimum absolute atomic E-state index is 0.0396. The molecule has 43 heavy (non-hydrogen) atoms. The summed E-state index contributed by atoms with van der Waals surface area (Å²) in [5.74, 6) is -0.0138. The zero-order chi connectivity index (χ0) is 31.0. The Labute approximate surface area is 249 Å².